The van der Waals surface area contributed by atoms with Gasteiger partial charge in [0.1, 0.15) is 0 Å². The van der Waals surface area contributed by atoms with E-state index in [-0.39, 0.29) is 11.1 Å². The van der Waals surface area contributed by atoms with Crippen molar-refractivity contribution in [2.45, 2.75) is 11.8 Å². The number of hydrogen-bond donors (Lipinski definition) is 2. The van der Waals surface area contributed by atoms with Gasteiger partial charge in [-0.05, 0) is 30.8 Å². The number of nitrogens with one attached hydrogen (secondary N) is 2. The lowest BCUT2D eigenvalue weighted by Gasteiger charge is -2.08. The summed E-state index contributed by atoms with van der Waals surface area (Å²) < 4.78 is 0. The van der Waals surface area contributed by atoms with E-state index >= 15 is 0 Å². The second-order valence-corrected chi connectivity index (χ2v) is 4.43. The fraction of sp³-hybridized carbons (Fsp3) is 0.231. The van der Waals surface area contributed by atoms with E-state index in [0.29, 0.717) is 23.5 Å². The van der Waals surface area contributed by atoms with Gasteiger partial charge >= 0.3 is 0 Å². The van der Waals surface area contributed by atoms with Gasteiger partial charge in [-0.3, -0.25) is 9.59 Å². The molecule has 0 saturated carbocycles. The molecule has 0 unspecified atom stereocenters. The molecule has 18 heavy (non-hydrogen) atoms. The Labute approximate surface area is 111 Å². The van der Waals surface area contributed by atoms with Gasteiger partial charge in [-0.2, -0.15) is 0 Å². The SMILES string of the molecule is C=CCNC(=O)c1ccccc1SC(=O)NCC. The van der Waals surface area contributed by atoms with E-state index in [4.69, 9.17) is 0 Å². The third kappa shape index (κ3) is 4.25. The first-order valence-corrected chi connectivity index (χ1v) is 6.44. The average Bonchev–Trinajstić information content (AvgIpc) is 2.37. The molecule has 0 aromatic heterocycles. The summed E-state index contributed by atoms with van der Waals surface area (Å²) in [6, 6.07) is 7.01. The highest BCUT2D eigenvalue weighted by Gasteiger charge is 2.13. The van der Waals surface area contributed by atoms with Gasteiger partial charge in [0.05, 0.1) is 5.56 Å². The normalized spacial score (nSPS) is 9.61. The molecule has 0 spiro atoms. The monoisotopic (exact) mass is 264 g/mol. The first kappa shape index (κ1) is 14.3. The highest BCUT2D eigenvalue weighted by atomic mass is 32.2. The topological polar surface area (TPSA) is 58.2 Å². The van der Waals surface area contributed by atoms with E-state index in [1.54, 1.807) is 30.3 Å². The van der Waals surface area contributed by atoms with Crippen molar-refractivity contribution in [1.29, 1.82) is 0 Å². The van der Waals surface area contributed by atoms with Crippen LogP contribution < -0.4 is 10.6 Å². The van der Waals surface area contributed by atoms with Crippen molar-refractivity contribution in [3.05, 3.63) is 42.5 Å². The van der Waals surface area contributed by atoms with Crippen LogP contribution in [0.1, 0.15) is 17.3 Å². The summed E-state index contributed by atoms with van der Waals surface area (Å²) in [5.74, 6) is -0.206. The van der Waals surface area contributed by atoms with Crippen LogP contribution in [-0.2, 0) is 0 Å². The number of benzene rings is 1. The Morgan fingerprint density at radius 2 is 2.06 bits per heavy atom. The van der Waals surface area contributed by atoms with Crippen LogP contribution in [0.25, 0.3) is 0 Å². The Balaban J connectivity index is 2.81. The van der Waals surface area contributed by atoms with Gasteiger partial charge in [0, 0.05) is 18.0 Å². The number of carbonyl (C=O) groups is 2. The van der Waals surface area contributed by atoms with Crippen LogP contribution in [0, 0.1) is 0 Å². The Bertz CT molecular complexity index is 446. The summed E-state index contributed by atoms with van der Waals surface area (Å²) in [5, 5.41) is 5.21. The lowest BCUT2D eigenvalue weighted by atomic mass is 10.2. The van der Waals surface area contributed by atoms with Gasteiger partial charge in [-0.25, -0.2) is 0 Å². The molecule has 0 aliphatic heterocycles. The Morgan fingerprint density at radius 1 is 1.33 bits per heavy atom. The van der Waals surface area contributed by atoms with Crippen LogP contribution in [0.3, 0.4) is 0 Å². The predicted molar refractivity (Wildman–Crippen MR) is 73.9 cm³/mol. The number of hydrogen-bond acceptors (Lipinski definition) is 3. The molecular formula is C13H16N2O2S. The maximum atomic E-state index is 11.9. The summed E-state index contributed by atoms with van der Waals surface area (Å²) in [7, 11) is 0. The molecule has 0 radical (unpaired) electrons. The fourth-order valence-corrected chi connectivity index (χ4v) is 2.12. The first-order chi connectivity index (χ1) is 8.69. The van der Waals surface area contributed by atoms with Gasteiger partial charge in [0.25, 0.3) is 11.1 Å². The Hall–Kier alpha value is -1.75. The maximum Gasteiger partial charge on any atom is 0.283 e. The molecule has 1 rings (SSSR count). The van der Waals surface area contributed by atoms with E-state index < -0.39 is 0 Å². The van der Waals surface area contributed by atoms with Crippen molar-refractivity contribution in [2.24, 2.45) is 0 Å². The van der Waals surface area contributed by atoms with E-state index in [1.807, 2.05) is 6.92 Å². The molecule has 0 atom stereocenters. The molecule has 4 nitrogen and oxygen atoms in total. The van der Waals surface area contributed by atoms with Crippen molar-refractivity contribution in [1.82, 2.24) is 10.6 Å². The molecule has 1 aromatic rings. The second-order valence-electron chi connectivity index (χ2n) is 3.41. The largest absolute Gasteiger partial charge is 0.349 e. The van der Waals surface area contributed by atoms with Gasteiger partial charge in [0.15, 0.2) is 0 Å². The molecular weight excluding hydrogens is 248 g/mol. The van der Waals surface area contributed by atoms with Crippen LogP contribution in [0.5, 0.6) is 0 Å². The zero-order chi connectivity index (χ0) is 13.4. The Kier molecular flexibility index (Phi) is 6.00. The van der Waals surface area contributed by atoms with Crippen LogP contribution in [0.15, 0.2) is 41.8 Å². The van der Waals surface area contributed by atoms with E-state index in [1.165, 1.54) is 0 Å². The minimum atomic E-state index is -0.206. The smallest absolute Gasteiger partial charge is 0.283 e. The molecule has 0 saturated heterocycles. The van der Waals surface area contributed by atoms with Crippen molar-refractivity contribution in [3.63, 3.8) is 0 Å². The molecule has 5 heteroatoms. The number of thioether (sulfide) groups is 1. The van der Waals surface area contributed by atoms with Gasteiger partial charge in [0.2, 0.25) is 0 Å². The van der Waals surface area contributed by atoms with Crippen LogP contribution >= 0.6 is 11.8 Å². The van der Waals surface area contributed by atoms with Crippen LogP contribution in [0.2, 0.25) is 0 Å². The van der Waals surface area contributed by atoms with Crippen molar-refractivity contribution in [3.8, 4) is 0 Å². The number of carbonyl (C=O) groups excluding carboxylic acids is 2. The molecule has 96 valence electrons. The standard InChI is InChI=1S/C13H16N2O2S/c1-3-9-15-12(16)10-7-5-6-8-11(10)18-13(17)14-4-2/h3,5-8H,1,4,9H2,2H3,(H,14,17)(H,15,16). The molecule has 2 amide bonds. The molecule has 0 bridgehead atoms. The summed E-state index contributed by atoms with van der Waals surface area (Å²) in [6.45, 7) is 6.35. The summed E-state index contributed by atoms with van der Waals surface area (Å²) in [5.41, 5.74) is 0.496. The third-order valence-corrected chi connectivity index (χ3v) is 2.97. The lowest BCUT2D eigenvalue weighted by Crippen LogP contribution is -2.24. The van der Waals surface area contributed by atoms with Gasteiger partial charge in [-0.1, -0.05) is 18.2 Å². The predicted octanol–water partition coefficient (Wildman–Crippen LogP) is 2.42. The minimum absolute atomic E-state index is 0.165. The quantitative estimate of drug-likeness (QED) is 0.634. The zero-order valence-electron chi connectivity index (χ0n) is 10.2. The highest BCUT2D eigenvalue weighted by Crippen LogP contribution is 2.23. The number of rotatable bonds is 5. The van der Waals surface area contributed by atoms with E-state index in [2.05, 4.69) is 17.2 Å². The molecule has 0 aliphatic rings. The average molecular weight is 264 g/mol. The fourth-order valence-electron chi connectivity index (χ4n) is 1.28. The lowest BCUT2D eigenvalue weighted by molar-refractivity contribution is 0.0955. The summed E-state index contributed by atoms with van der Waals surface area (Å²) in [4.78, 5) is 24.0. The molecule has 0 heterocycles. The Morgan fingerprint density at radius 3 is 2.72 bits per heavy atom. The second kappa shape index (κ2) is 7.55. The molecule has 1 aromatic carbocycles. The summed E-state index contributed by atoms with van der Waals surface area (Å²) in [6.07, 6.45) is 1.61. The van der Waals surface area contributed by atoms with Crippen molar-refractivity contribution in [2.75, 3.05) is 13.1 Å². The summed E-state index contributed by atoms with van der Waals surface area (Å²) >= 11 is 1.02. The van der Waals surface area contributed by atoms with E-state index in [0.717, 1.165) is 11.8 Å². The number of amides is 2. The zero-order valence-corrected chi connectivity index (χ0v) is 11.0. The van der Waals surface area contributed by atoms with Crippen LogP contribution in [0.4, 0.5) is 4.79 Å². The third-order valence-electron chi connectivity index (χ3n) is 2.06. The van der Waals surface area contributed by atoms with Gasteiger partial charge in [-0.15, -0.1) is 6.58 Å². The maximum absolute atomic E-state index is 11.9. The van der Waals surface area contributed by atoms with E-state index in [9.17, 15) is 9.59 Å². The first-order valence-electron chi connectivity index (χ1n) is 5.62. The van der Waals surface area contributed by atoms with Crippen LogP contribution in [-0.4, -0.2) is 24.2 Å². The van der Waals surface area contributed by atoms with Gasteiger partial charge < -0.3 is 10.6 Å². The molecule has 0 fully saturated rings. The molecule has 2 N–H and O–H groups in total. The highest BCUT2D eigenvalue weighted by molar-refractivity contribution is 8.13. The van der Waals surface area contributed by atoms with Crippen molar-refractivity contribution < 1.29 is 9.59 Å². The minimum Gasteiger partial charge on any atom is -0.349 e. The van der Waals surface area contributed by atoms with Crippen molar-refractivity contribution >= 4 is 22.9 Å². The molecule has 0 aliphatic carbocycles.